The van der Waals surface area contributed by atoms with Crippen LogP contribution in [-0.4, -0.2) is 50.0 Å². The number of nitrogens with one attached hydrogen (secondary N) is 1. The highest BCUT2D eigenvalue weighted by Crippen LogP contribution is 2.28. The molecule has 7 nitrogen and oxygen atoms in total. The highest BCUT2D eigenvalue weighted by molar-refractivity contribution is 7.92. The Bertz CT molecular complexity index is 1430. The highest BCUT2D eigenvalue weighted by atomic mass is 35.5. The molecule has 3 aromatic carbocycles. The van der Waals surface area contributed by atoms with Crippen molar-refractivity contribution in [3.63, 3.8) is 0 Å². The first-order chi connectivity index (χ1) is 19.1. The summed E-state index contributed by atoms with van der Waals surface area (Å²) >= 11 is 6.36. The second kappa shape index (κ2) is 13.3. The molecular weight excluding hydrogens is 546 g/mol. The monoisotopic (exact) mass is 581 g/mol. The molecule has 0 unspecified atom stereocenters. The summed E-state index contributed by atoms with van der Waals surface area (Å²) in [5.74, 6) is -0.725. The molecule has 1 aliphatic rings. The summed E-state index contributed by atoms with van der Waals surface area (Å²) in [6, 6.07) is 23.0. The van der Waals surface area contributed by atoms with Crippen LogP contribution in [0, 0.1) is 6.92 Å². The third kappa shape index (κ3) is 7.64. The first-order valence-electron chi connectivity index (χ1n) is 13.5. The molecule has 0 saturated heterocycles. The smallest absolute Gasteiger partial charge is 0.244 e. The van der Waals surface area contributed by atoms with Crippen molar-refractivity contribution in [1.82, 2.24) is 10.2 Å². The van der Waals surface area contributed by atoms with Gasteiger partial charge in [0.25, 0.3) is 0 Å². The van der Waals surface area contributed by atoms with E-state index in [2.05, 4.69) is 5.32 Å². The number of rotatable bonds is 11. The van der Waals surface area contributed by atoms with Gasteiger partial charge in [-0.15, -0.1) is 0 Å². The van der Waals surface area contributed by atoms with E-state index in [0.717, 1.165) is 52.9 Å². The van der Waals surface area contributed by atoms with Crippen LogP contribution in [0.4, 0.5) is 5.69 Å². The van der Waals surface area contributed by atoms with Gasteiger partial charge < -0.3 is 10.2 Å². The molecule has 212 valence electrons. The number of sulfonamides is 1. The predicted molar refractivity (Wildman–Crippen MR) is 160 cm³/mol. The number of hydrogen-bond acceptors (Lipinski definition) is 4. The summed E-state index contributed by atoms with van der Waals surface area (Å²) in [5, 5.41) is 3.39. The lowest BCUT2D eigenvalue weighted by Crippen LogP contribution is -2.54. The van der Waals surface area contributed by atoms with E-state index in [9.17, 15) is 18.0 Å². The SMILES string of the molecule is Cc1ccccc1CN(C(=O)CN(c1ccccc1Cl)S(C)(=O)=O)[C@@H](Cc1ccccc1)C(=O)NC1CCCC1. The van der Waals surface area contributed by atoms with Crippen molar-refractivity contribution in [2.24, 2.45) is 0 Å². The molecule has 1 atom stereocenters. The van der Waals surface area contributed by atoms with E-state index < -0.39 is 28.5 Å². The fraction of sp³-hybridized carbons (Fsp3) is 0.355. The molecule has 0 spiro atoms. The van der Waals surface area contributed by atoms with Crippen LogP contribution in [0.15, 0.2) is 78.9 Å². The summed E-state index contributed by atoms with van der Waals surface area (Å²) in [7, 11) is -3.87. The molecule has 9 heteroatoms. The maximum absolute atomic E-state index is 14.2. The Balaban J connectivity index is 1.74. The van der Waals surface area contributed by atoms with Crippen molar-refractivity contribution in [2.75, 3.05) is 17.1 Å². The van der Waals surface area contributed by atoms with Gasteiger partial charge in [0.1, 0.15) is 12.6 Å². The Kier molecular flexibility index (Phi) is 9.87. The number of benzene rings is 3. The number of amides is 2. The van der Waals surface area contributed by atoms with E-state index in [4.69, 9.17) is 11.6 Å². The van der Waals surface area contributed by atoms with E-state index in [1.54, 1.807) is 24.3 Å². The second-order valence-electron chi connectivity index (χ2n) is 10.4. The molecular formula is C31H36ClN3O4S. The second-order valence-corrected chi connectivity index (χ2v) is 12.7. The topological polar surface area (TPSA) is 86.8 Å². The zero-order valence-electron chi connectivity index (χ0n) is 22.9. The summed E-state index contributed by atoms with van der Waals surface area (Å²) < 4.78 is 26.8. The lowest BCUT2D eigenvalue weighted by molar-refractivity contribution is -0.140. The van der Waals surface area contributed by atoms with Gasteiger partial charge in [0.05, 0.1) is 17.0 Å². The molecule has 0 radical (unpaired) electrons. The van der Waals surface area contributed by atoms with Crippen LogP contribution in [0.2, 0.25) is 5.02 Å². The van der Waals surface area contributed by atoms with Gasteiger partial charge in [-0.2, -0.15) is 0 Å². The van der Waals surface area contributed by atoms with Gasteiger partial charge in [0.2, 0.25) is 21.8 Å². The minimum atomic E-state index is -3.87. The molecule has 0 aliphatic heterocycles. The molecule has 4 rings (SSSR count). The van der Waals surface area contributed by atoms with Crippen molar-refractivity contribution in [2.45, 2.75) is 57.7 Å². The molecule has 1 aliphatic carbocycles. The van der Waals surface area contributed by atoms with Crippen molar-refractivity contribution in [3.05, 3.63) is 101 Å². The maximum Gasteiger partial charge on any atom is 0.244 e. The van der Waals surface area contributed by atoms with Gasteiger partial charge in [-0.25, -0.2) is 8.42 Å². The number of aryl methyl sites for hydroxylation is 1. The number of hydrogen-bond donors (Lipinski definition) is 1. The van der Waals surface area contributed by atoms with Crippen molar-refractivity contribution in [1.29, 1.82) is 0 Å². The molecule has 2 amide bonds. The molecule has 0 heterocycles. The van der Waals surface area contributed by atoms with Crippen molar-refractivity contribution in [3.8, 4) is 0 Å². The fourth-order valence-electron chi connectivity index (χ4n) is 5.14. The maximum atomic E-state index is 14.2. The Morgan fingerprint density at radius 1 is 0.950 bits per heavy atom. The van der Waals surface area contributed by atoms with Crippen LogP contribution >= 0.6 is 11.6 Å². The molecule has 40 heavy (non-hydrogen) atoms. The Morgan fingerprint density at radius 2 is 1.57 bits per heavy atom. The van der Waals surface area contributed by atoms with E-state index >= 15 is 0 Å². The first kappa shape index (κ1) is 29.6. The van der Waals surface area contributed by atoms with Gasteiger partial charge in [0, 0.05) is 19.0 Å². The quantitative estimate of drug-likeness (QED) is 0.341. The number of halogens is 1. The minimum absolute atomic E-state index is 0.0665. The van der Waals surface area contributed by atoms with Gasteiger partial charge in [-0.1, -0.05) is 91.2 Å². The molecule has 0 aromatic heterocycles. The Morgan fingerprint density at radius 3 is 2.23 bits per heavy atom. The van der Waals surface area contributed by atoms with E-state index in [1.807, 2.05) is 61.5 Å². The Hall–Kier alpha value is -3.36. The predicted octanol–water partition coefficient (Wildman–Crippen LogP) is 5.11. The molecule has 1 saturated carbocycles. The third-order valence-corrected chi connectivity index (χ3v) is 8.82. The van der Waals surface area contributed by atoms with Crippen LogP contribution in [0.5, 0.6) is 0 Å². The lowest BCUT2D eigenvalue weighted by Gasteiger charge is -2.34. The van der Waals surface area contributed by atoms with Crippen LogP contribution < -0.4 is 9.62 Å². The largest absolute Gasteiger partial charge is 0.352 e. The van der Waals surface area contributed by atoms with Gasteiger partial charge in [0.15, 0.2) is 0 Å². The number of carbonyl (C=O) groups is 2. The average molecular weight is 582 g/mol. The van der Waals surface area contributed by atoms with Crippen molar-refractivity contribution < 1.29 is 18.0 Å². The zero-order valence-corrected chi connectivity index (χ0v) is 24.5. The van der Waals surface area contributed by atoms with Crippen LogP contribution in [0.3, 0.4) is 0 Å². The fourth-order valence-corrected chi connectivity index (χ4v) is 6.29. The normalized spacial score (nSPS) is 14.5. The Labute approximate surface area is 242 Å². The molecule has 0 bridgehead atoms. The molecule has 1 fully saturated rings. The third-order valence-electron chi connectivity index (χ3n) is 7.37. The number of nitrogens with zero attached hydrogens (tertiary/aromatic N) is 2. The first-order valence-corrected chi connectivity index (χ1v) is 15.8. The lowest BCUT2D eigenvalue weighted by atomic mass is 10.0. The summed E-state index contributed by atoms with van der Waals surface area (Å²) in [6.45, 7) is 1.62. The van der Waals surface area contributed by atoms with Crippen LogP contribution in [0.25, 0.3) is 0 Å². The van der Waals surface area contributed by atoms with Crippen LogP contribution in [0.1, 0.15) is 42.4 Å². The van der Waals surface area contributed by atoms with E-state index in [0.29, 0.717) is 6.42 Å². The average Bonchev–Trinajstić information content (AvgIpc) is 3.43. The molecule has 1 N–H and O–H groups in total. The minimum Gasteiger partial charge on any atom is -0.352 e. The zero-order chi connectivity index (χ0) is 28.7. The highest BCUT2D eigenvalue weighted by Gasteiger charge is 2.34. The summed E-state index contributed by atoms with van der Waals surface area (Å²) in [5.41, 5.74) is 2.97. The van der Waals surface area contributed by atoms with Gasteiger partial charge in [-0.05, 0) is 48.6 Å². The number of carbonyl (C=O) groups excluding carboxylic acids is 2. The molecule has 3 aromatic rings. The summed E-state index contributed by atoms with van der Waals surface area (Å²) in [6.07, 6.45) is 5.27. The van der Waals surface area contributed by atoms with E-state index in [1.165, 1.54) is 4.90 Å². The number of anilines is 1. The van der Waals surface area contributed by atoms with Gasteiger partial charge in [-0.3, -0.25) is 13.9 Å². The van der Waals surface area contributed by atoms with Crippen LogP contribution in [-0.2, 0) is 32.6 Å². The summed E-state index contributed by atoms with van der Waals surface area (Å²) in [4.78, 5) is 29.6. The van der Waals surface area contributed by atoms with Gasteiger partial charge >= 0.3 is 0 Å². The van der Waals surface area contributed by atoms with E-state index in [-0.39, 0.29) is 29.2 Å². The number of para-hydroxylation sites is 1. The van der Waals surface area contributed by atoms with Crippen molar-refractivity contribution >= 4 is 39.1 Å². The standard InChI is InChI=1S/C31H36ClN3O4S/c1-23-12-6-7-15-25(23)21-34(30(36)22-35(40(2,38)39)28-19-11-10-18-27(28)32)29(20-24-13-4-3-5-14-24)31(37)33-26-16-8-9-17-26/h3-7,10-15,18-19,26,29H,8-9,16-17,20-22H2,1-2H3,(H,33,37)/t29-/m0/s1.